The summed E-state index contributed by atoms with van der Waals surface area (Å²) in [6, 6.07) is 3.55. The number of alkyl halides is 6. The third-order valence-corrected chi connectivity index (χ3v) is 7.48. The number of nitrogens with one attached hydrogen (secondary N) is 2. The number of carbonyl (C=O) groups excluding carboxylic acids is 1. The lowest BCUT2D eigenvalue weighted by Gasteiger charge is -2.35. The van der Waals surface area contributed by atoms with Crippen LogP contribution in [0, 0.1) is 5.41 Å². The molecule has 0 radical (unpaired) electrons. The average molecular weight is 606 g/mol. The first-order valence-electron chi connectivity index (χ1n) is 13.8. The van der Waals surface area contributed by atoms with E-state index in [1.54, 1.807) is 0 Å². The number of benzene rings is 1. The number of aliphatic hydroxyl groups excluding tert-OH is 1. The van der Waals surface area contributed by atoms with E-state index >= 15 is 0 Å². The zero-order chi connectivity index (χ0) is 31.2. The number of hydrogen-bond acceptors (Lipinski definition) is 6. The van der Waals surface area contributed by atoms with Crippen molar-refractivity contribution in [3.63, 3.8) is 0 Å². The number of nitrogens with zero attached hydrogens (tertiary/aromatic N) is 2. The summed E-state index contributed by atoms with van der Waals surface area (Å²) in [6.45, 7) is 5.98. The molecule has 1 saturated carbocycles. The quantitative estimate of drug-likeness (QED) is 0.187. The number of rotatable bonds is 6. The van der Waals surface area contributed by atoms with Crippen LogP contribution in [0.5, 0.6) is 0 Å². The number of halogens is 6. The zero-order valence-corrected chi connectivity index (χ0v) is 23.5. The molecule has 2 fully saturated rings. The molecule has 1 aliphatic carbocycles. The molecule has 0 unspecified atom stereocenters. The van der Waals surface area contributed by atoms with Crippen LogP contribution in [-0.2, 0) is 17.4 Å². The van der Waals surface area contributed by atoms with Crippen molar-refractivity contribution in [2.75, 3.05) is 18.8 Å². The van der Waals surface area contributed by atoms with E-state index in [4.69, 9.17) is 11.1 Å². The summed E-state index contributed by atoms with van der Waals surface area (Å²) in [7, 11) is 0. The van der Waals surface area contributed by atoms with Gasteiger partial charge in [0.2, 0.25) is 5.91 Å². The number of aliphatic hydroxyl groups is 1. The number of likely N-dealkylation sites (tertiary alicyclic amines) is 1. The minimum Gasteiger partial charge on any atom is -0.398 e. The first-order valence-corrected chi connectivity index (χ1v) is 13.8. The molecule has 236 valence electrons. The Labute approximate surface area is 244 Å². The number of pyridine rings is 1. The molecule has 1 aromatic heterocycles. The molecular formula is C29H41F6N5O2. The van der Waals surface area contributed by atoms with Crippen molar-refractivity contribution in [2.45, 2.75) is 88.8 Å². The summed E-state index contributed by atoms with van der Waals surface area (Å²) < 4.78 is 82.8. The number of nitrogen functional groups attached to an aromatic ring is 1. The van der Waals surface area contributed by atoms with Crippen LogP contribution in [0.4, 0.5) is 32.0 Å². The van der Waals surface area contributed by atoms with Crippen molar-refractivity contribution in [3.8, 4) is 11.3 Å². The van der Waals surface area contributed by atoms with Gasteiger partial charge in [-0.15, -0.1) is 0 Å². The summed E-state index contributed by atoms with van der Waals surface area (Å²) in [5, 5.41) is 19.2. The highest BCUT2D eigenvalue weighted by molar-refractivity contribution is 5.88. The number of carbonyl (C=O) groups is 1. The van der Waals surface area contributed by atoms with Crippen molar-refractivity contribution < 1.29 is 39.1 Å². The molecule has 4 rings (SSSR count). The first-order chi connectivity index (χ1) is 19.6. The van der Waals surface area contributed by atoms with Gasteiger partial charge in [0, 0.05) is 51.1 Å². The van der Waals surface area contributed by atoms with E-state index in [-0.39, 0.29) is 32.5 Å². The number of anilines is 1. The molecule has 1 amide bonds. The van der Waals surface area contributed by atoms with Crippen LogP contribution in [0.25, 0.3) is 11.3 Å². The van der Waals surface area contributed by atoms with Gasteiger partial charge in [-0.1, -0.05) is 6.07 Å². The van der Waals surface area contributed by atoms with Crippen molar-refractivity contribution >= 4 is 17.8 Å². The lowest BCUT2D eigenvalue weighted by Crippen LogP contribution is -2.57. The number of hydrogen-bond donors (Lipinski definition) is 4. The number of aromatic nitrogens is 1. The van der Waals surface area contributed by atoms with E-state index in [0.29, 0.717) is 12.6 Å². The highest BCUT2D eigenvalue weighted by Crippen LogP contribution is 2.39. The number of nitrogens with two attached hydrogens (primary N) is 1. The van der Waals surface area contributed by atoms with Crippen molar-refractivity contribution in [1.82, 2.24) is 15.2 Å². The third-order valence-electron chi connectivity index (χ3n) is 7.48. The Bertz CT molecular complexity index is 1250. The molecule has 1 saturated heterocycles. The van der Waals surface area contributed by atoms with E-state index in [0.717, 1.165) is 37.9 Å². The summed E-state index contributed by atoms with van der Waals surface area (Å²) in [6.07, 6.45) is -4.45. The SMILES string of the molecule is CC(C)N1CCC[C@H](F)C1.N=Cc1cc(-c2nccc(CC(=O)N[C@@H]3[C@@H](O)CCCC3(F)F)c2C(F)(F)F)ccc1N.[HH].[HH]. The van der Waals surface area contributed by atoms with Gasteiger partial charge in [0.25, 0.3) is 5.92 Å². The second kappa shape index (κ2) is 13.9. The fourth-order valence-corrected chi connectivity index (χ4v) is 5.20. The van der Waals surface area contributed by atoms with Gasteiger partial charge in [-0.3, -0.25) is 14.7 Å². The molecule has 7 nitrogen and oxygen atoms in total. The van der Waals surface area contributed by atoms with Gasteiger partial charge in [-0.25, -0.2) is 13.2 Å². The smallest absolute Gasteiger partial charge is 0.398 e. The molecule has 13 heteroatoms. The molecule has 2 heterocycles. The van der Waals surface area contributed by atoms with Crippen molar-refractivity contribution in [1.29, 1.82) is 5.41 Å². The molecule has 0 spiro atoms. The highest BCUT2D eigenvalue weighted by atomic mass is 19.4. The van der Waals surface area contributed by atoms with Gasteiger partial charge >= 0.3 is 6.18 Å². The fraction of sp³-hybridized carbons (Fsp3) is 0.552. The third kappa shape index (κ3) is 8.43. The van der Waals surface area contributed by atoms with Gasteiger partial charge in [0.15, 0.2) is 0 Å². The summed E-state index contributed by atoms with van der Waals surface area (Å²) in [5.41, 5.74) is 3.98. The lowest BCUT2D eigenvalue weighted by molar-refractivity contribution is -0.139. The minimum absolute atomic E-state index is 0. The zero-order valence-electron chi connectivity index (χ0n) is 23.5. The van der Waals surface area contributed by atoms with Crippen LogP contribution in [0.2, 0.25) is 0 Å². The van der Waals surface area contributed by atoms with Gasteiger partial charge in [-0.05, 0) is 69.8 Å². The topological polar surface area (TPSA) is 115 Å². The molecular weight excluding hydrogens is 564 g/mol. The molecule has 2 aliphatic rings. The van der Waals surface area contributed by atoms with Gasteiger partial charge in [-0.2, -0.15) is 13.2 Å². The molecule has 3 atom stereocenters. The van der Waals surface area contributed by atoms with E-state index in [2.05, 4.69) is 23.7 Å². The van der Waals surface area contributed by atoms with Crippen LogP contribution in [0.15, 0.2) is 30.5 Å². The van der Waals surface area contributed by atoms with Crippen LogP contribution >= 0.6 is 0 Å². The van der Waals surface area contributed by atoms with E-state index in [1.165, 1.54) is 18.2 Å². The summed E-state index contributed by atoms with van der Waals surface area (Å²) in [4.78, 5) is 18.4. The Morgan fingerprint density at radius 2 is 2.00 bits per heavy atom. The van der Waals surface area contributed by atoms with E-state index in [1.807, 2.05) is 5.32 Å². The van der Waals surface area contributed by atoms with Gasteiger partial charge in [0.05, 0.1) is 23.8 Å². The maximum Gasteiger partial charge on any atom is 0.418 e. The summed E-state index contributed by atoms with van der Waals surface area (Å²) >= 11 is 0. The predicted molar refractivity (Wildman–Crippen MR) is 152 cm³/mol. The number of piperidine rings is 1. The molecule has 42 heavy (non-hydrogen) atoms. The maximum atomic E-state index is 14.1. The Kier molecular flexibility index (Phi) is 11.0. The lowest BCUT2D eigenvalue weighted by atomic mass is 9.88. The van der Waals surface area contributed by atoms with Crippen LogP contribution < -0.4 is 11.1 Å². The normalized spacial score (nSPS) is 22.7. The van der Waals surface area contributed by atoms with Crippen LogP contribution in [-0.4, -0.2) is 70.5 Å². The Balaban J connectivity index is 0.000000688. The first kappa shape index (κ1) is 33.3. The Morgan fingerprint density at radius 3 is 2.57 bits per heavy atom. The highest BCUT2D eigenvalue weighted by Gasteiger charge is 2.47. The van der Waals surface area contributed by atoms with Crippen molar-refractivity contribution in [2.24, 2.45) is 0 Å². The maximum absolute atomic E-state index is 14.1. The second-order valence-corrected chi connectivity index (χ2v) is 11.0. The van der Waals surface area contributed by atoms with Crippen LogP contribution in [0.1, 0.15) is 65.5 Å². The van der Waals surface area contributed by atoms with E-state index < -0.39 is 66.0 Å². The molecule has 2 aromatic rings. The van der Waals surface area contributed by atoms with Gasteiger partial charge in [0.1, 0.15) is 12.2 Å². The summed E-state index contributed by atoms with van der Waals surface area (Å²) in [5.74, 6) is -4.44. The minimum atomic E-state index is -4.90. The van der Waals surface area contributed by atoms with Crippen molar-refractivity contribution in [3.05, 3.63) is 47.2 Å². The number of amides is 1. The fourth-order valence-electron chi connectivity index (χ4n) is 5.20. The molecule has 1 aliphatic heterocycles. The monoisotopic (exact) mass is 605 g/mol. The second-order valence-electron chi connectivity index (χ2n) is 11.0. The average Bonchev–Trinajstić information content (AvgIpc) is 2.90. The largest absolute Gasteiger partial charge is 0.418 e. The predicted octanol–water partition coefficient (Wildman–Crippen LogP) is 5.88. The van der Waals surface area contributed by atoms with E-state index in [9.17, 15) is 36.2 Å². The standard InChI is InChI=1S/C21H21F5N4O2.C8H16FN.2H2/c22-20(23)6-1-2-15(31)19(20)30-16(32)9-11-5-7-29-18(17(11)21(24,25)26)12-3-4-14(28)13(8-12)10-27;1-7(2)10-5-3-4-8(9)6-10;;/h3-5,7-8,10,15,19,27,31H,1-2,6,9,28H2,(H,30,32);7-8H,3-6H2,1-2H3;2*1H/t15-,19+;8-;;/m00../s1. The molecule has 1 aromatic carbocycles. The molecule has 5 N–H and O–H groups in total. The Hall–Kier alpha value is -3.19. The van der Waals surface area contributed by atoms with Crippen LogP contribution in [0.3, 0.4) is 0 Å². The Morgan fingerprint density at radius 1 is 1.29 bits per heavy atom. The molecule has 0 bridgehead atoms. The van der Waals surface area contributed by atoms with Gasteiger partial charge < -0.3 is 21.6 Å².